The predicted molar refractivity (Wildman–Crippen MR) is 75.1 cm³/mol. The van der Waals surface area contributed by atoms with Crippen molar-refractivity contribution in [2.75, 3.05) is 12.4 Å². The van der Waals surface area contributed by atoms with E-state index in [1.807, 2.05) is 4.72 Å². The number of carboxylic acid groups (broad SMARTS) is 1. The van der Waals surface area contributed by atoms with Gasteiger partial charge in [0.1, 0.15) is 6.04 Å². The lowest BCUT2D eigenvalue weighted by atomic mass is 10.1. The number of rotatable bonds is 8. The molecule has 1 aromatic carbocycles. The number of benzene rings is 1. The van der Waals surface area contributed by atoms with Crippen LogP contribution in [0, 0.1) is 0 Å². The largest absolute Gasteiger partial charge is 0.480 e. The summed E-state index contributed by atoms with van der Waals surface area (Å²) in [5.41, 5.74) is 0.670. The van der Waals surface area contributed by atoms with E-state index >= 15 is 0 Å². The van der Waals surface area contributed by atoms with Gasteiger partial charge in [-0.05, 0) is 18.9 Å². The highest BCUT2D eigenvalue weighted by molar-refractivity contribution is 7.90. The molecule has 0 aliphatic carbocycles. The summed E-state index contributed by atoms with van der Waals surface area (Å²) in [5.74, 6) is -3.14. The molecule has 0 heterocycles. The molecule has 116 valence electrons. The predicted octanol–water partition coefficient (Wildman–Crippen LogP) is 0.165. The number of carbonyl (C=O) groups is 2. The fourth-order valence-corrected chi connectivity index (χ4v) is 2.74. The topological polar surface area (TPSA) is 110 Å². The van der Waals surface area contributed by atoms with E-state index in [-0.39, 0.29) is 13.0 Å². The lowest BCUT2D eigenvalue weighted by Gasteiger charge is -2.14. The van der Waals surface area contributed by atoms with Crippen LogP contribution < -0.4 is 4.72 Å². The molecule has 0 spiro atoms. The Kier molecular flexibility index (Phi) is 6.32. The minimum absolute atomic E-state index is 0.0156. The summed E-state index contributed by atoms with van der Waals surface area (Å²) in [6, 6.07) is 7.25. The third kappa shape index (κ3) is 6.37. The number of aliphatic carboxylic acids is 1. The molecule has 1 rings (SSSR count). The highest BCUT2D eigenvalue weighted by Gasteiger charge is 2.26. The van der Waals surface area contributed by atoms with Gasteiger partial charge in [0, 0.05) is 0 Å². The summed E-state index contributed by atoms with van der Waals surface area (Å²) in [6.07, 6.45) is -0.0156. The maximum atomic E-state index is 11.7. The van der Waals surface area contributed by atoms with Crippen molar-refractivity contribution < 1.29 is 27.9 Å². The number of hydrogen-bond acceptors (Lipinski definition) is 5. The van der Waals surface area contributed by atoms with Gasteiger partial charge in [0.25, 0.3) is 0 Å². The first kappa shape index (κ1) is 17.1. The van der Waals surface area contributed by atoms with Crippen LogP contribution in [0.25, 0.3) is 0 Å². The van der Waals surface area contributed by atoms with Crippen LogP contribution >= 0.6 is 0 Å². The lowest BCUT2D eigenvalue weighted by molar-refractivity contribution is -0.141. The summed E-state index contributed by atoms with van der Waals surface area (Å²) in [7, 11) is -4.07. The van der Waals surface area contributed by atoms with E-state index in [0.29, 0.717) is 5.56 Å². The van der Waals surface area contributed by atoms with Crippen molar-refractivity contribution in [2.24, 2.45) is 0 Å². The number of hydrogen-bond donors (Lipinski definition) is 2. The van der Waals surface area contributed by atoms with Crippen LogP contribution in [0.15, 0.2) is 30.3 Å². The molecule has 0 amide bonds. The molecule has 0 fully saturated rings. The zero-order valence-electron chi connectivity index (χ0n) is 11.5. The molecule has 0 unspecified atom stereocenters. The van der Waals surface area contributed by atoms with Crippen LogP contribution in [-0.2, 0) is 30.8 Å². The van der Waals surface area contributed by atoms with E-state index in [1.54, 1.807) is 37.3 Å². The van der Waals surface area contributed by atoms with Gasteiger partial charge in [0.05, 0.1) is 6.61 Å². The van der Waals surface area contributed by atoms with Gasteiger partial charge >= 0.3 is 11.9 Å². The number of carbonyl (C=O) groups excluding carboxylic acids is 1. The van der Waals surface area contributed by atoms with E-state index in [9.17, 15) is 18.0 Å². The van der Waals surface area contributed by atoms with Crippen LogP contribution in [0.4, 0.5) is 0 Å². The van der Waals surface area contributed by atoms with Crippen molar-refractivity contribution in [1.29, 1.82) is 0 Å². The number of nitrogens with one attached hydrogen (secondary N) is 1. The molecule has 7 nitrogen and oxygen atoms in total. The molecular weight excluding hydrogens is 298 g/mol. The molecule has 0 bridgehead atoms. The molecule has 0 saturated carbocycles. The van der Waals surface area contributed by atoms with E-state index < -0.39 is 33.8 Å². The first-order valence-electron chi connectivity index (χ1n) is 6.26. The van der Waals surface area contributed by atoms with Gasteiger partial charge in [-0.25, -0.2) is 13.1 Å². The van der Waals surface area contributed by atoms with E-state index in [4.69, 9.17) is 5.11 Å². The molecule has 0 aliphatic rings. The van der Waals surface area contributed by atoms with Crippen molar-refractivity contribution in [2.45, 2.75) is 19.4 Å². The van der Waals surface area contributed by atoms with Crippen LogP contribution in [0.3, 0.4) is 0 Å². The van der Waals surface area contributed by atoms with Crippen LogP contribution in [0.1, 0.15) is 12.5 Å². The van der Waals surface area contributed by atoms with Crippen LogP contribution in [-0.4, -0.2) is 43.9 Å². The van der Waals surface area contributed by atoms with Crippen LogP contribution in [0.5, 0.6) is 0 Å². The standard InChI is InChI=1S/C13H17NO6S/c1-2-20-12(15)9-21(18,19)14-11(13(16)17)8-10-6-4-3-5-7-10/h3-7,11,14H,2,8-9H2,1H3,(H,16,17)/t11-/m0/s1. The number of ether oxygens (including phenoxy) is 1. The Labute approximate surface area is 123 Å². The van der Waals surface area contributed by atoms with Gasteiger partial charge in [0.2, 0.25) is 10.0 Å². The van der Waals surface area contributed by atoms with E-state index in [2.05, 4.69) is 4.74 Å². The smallest absolute Gasteiger partial charge is 0.322 e. The number of esters is 1. The molecule has 1 aromatic rings. The first-order chi connectivity index (χ1) is 9.84. The Bertz CT molecular complexity index is 584. The molecule has 21 heavy (non-hydrogen) atoms. The molecule has 0 radical (unpaired) electrons. The van der Waals surface area contributed by atoms with Gasteiger partial charge < -0.3 is 9.84 Å². The summed E-state index contributed by atoms with van der Waals surface area (Å²) in [5, 5.41) is 9.09. The Morgan fingerprint density at radius 2 is 1.90 bits per heavy atom. The maximum Gasteiger partial charge on any atom is 0.322 e. The fraction of sp³-hybridized carbons (Fsp3) is 0.385. The third-order valence-corrected chi connectivity index (χ3v) is 3.78. The normalized spacial score (nSPS) is 12.6. The molecule has 1 atom stereocenters. The van der Waals surface area contributed by atoms with Crippen LogP contribution in [0.2, 0.25) is 0 Å². The fourth-order valence-electron chi connectivity index (χ4n) is 1.65. The summed E-state index contributed by atoms with van der Waals surface area (Å²) >= 11 is 0. The minimum Gasteiger partial charge on any atom is -0.480 e. The average Bonchev–Trinajstić information content (AvgIpc) is 2.38. The minimum atomic E-state index is -4.07. The Hall–Kier alpha value is -1.93. The molecule has 0 aromatic heterocycles. The van der Waals surface area contributed by atoms with Gasteiger partial charge in [-0.1, -0.05) is 30.3 Å². The molecule has 8 heteroatoms. The summed E-state index contributed by atoms with van der Waals surface area (Å²) in [6.45, 7) is 1.61. The van der Waals surface area contributed by atoms with E-state index in [0.717, 1.165) is 0 Å². The zero-order valence-corrected chi connectivity index (χ0v) is 12.3. The highest BCUT2D eigenvalue weighted by Crippen LogP contribution is 2.05. The number of carboxylic acids is 1. The second kappa shape index (κ2) is 7.75. The summed E-state index contributed by atoms with van der Waals surface area (Å²) < 4.78 is 30.0. The third-order valence-electron chi connectivity index (χ3n) is 2.52. The van der Waals surface area contributed by atoms with Crippen molar-refractivity contribution in [1.82, 2.24) is 4.72 Å². The second-order valence-corrected chi connectivity index (χ2v) is 6.02. The number of sulfonamides is 1. The lowest BCUT2D eigenvalue weighted by Crippen LogP contribution is -2.44. The Balaban J connectivity index is 2.74. The van der Waals surface area contributed by atoms with Crippen molar-refractivity contribution in [3.8, 4) is 0 Å². The Morgan fingerprint density at radius 3 is 2.43 bits per heavy atom. The van der Waals surface area contributed by atoms with Crippen molar-refractivity contribution in [3.63, 3.8) is 0 Å². The highest BCUT2D eigenvalue weighted by atomic mass is 32.2. The molecule has 0 aliphatic heterocycles. The molecule has 0 saturated heterocycles. The maximum absolute atomic E-state index is 11.7. The zero-order chi connectivity index (χ0) is 15.9. The van der Waals surface area contributed by atoms with Gasteiger partial charge in [0.15, 0.2) is 5.75 Å². The monoisotopic (exact) mass is 315 g/mol. The molecule has 2 N–H and O–H groups in total. The second-order valence-electron chi connectivity index (χ2n) is 4.26. The van der Waals surface area contributed by atoms with Gasteiger partial charge in [-0.3, -0.25) is 9.59 Å². The van der Waals surface area contributed by atoms with Gasteiger partial charge in [-0.15, -0.1) is 0 Å². The van der Waals surface area contributed by atoms with Crippen molar-refractivity contribution >= 4 is 22.0 Å². The quantitative estimate of drug-likeness (QED) is 0.662. The Morgan fingerprint density at radius 1 is 1.29 bits per heavy atom. The first-order valence-corrected chi connectivity index (χ1v) is 7.91. The summed E-state index contributed by atoms with van der Waals surface area (Å²) in [4.78, 5) is 22.3. The SMILES string of the molecule is CCOC(=O)CS(=O)(=O)N[C@@H](Cc1ccccc1)C(=O)O. The average molecular weight is 315 g/mol. The molecular formula is C13H17NO6S. The van der Waals surface area contributed by atoms with E-state index in [1.165, 1.54) is 0 Å². The van der Waals surface area contributed by atoms with Gasteiger partial charge in [-0.2, -0.15) is 0 Å². The van der Waals surface area contributed by atoms with Crippen molar-refractivity contribution in [3.05, 3.63) is 35.9 Å².